The molecule has 1 N–H and O–H groups in total. The number of benzene rings is 2. The van der Waals surface area contributed by atoms with Crippen molar-refractivity contribution >= 4 is 21.8 Å². The van der Waals surface area contributed by atoms with Crippen molar-refractivity contribution in [1.82, 2.24) is 5.32 Å². The maximum Gasteiger partial charge on any atom is 0.254 e. The zero-order valence-electron chi connectivity index (χ0n) is 12.2. The third-order valence-electron chi connectivity index (χ3n) is 3.10. The Kier molecular flexibility index (Phi) is 5.38. The third kappa shape index (κ3) is 3.57. The van der Waals surface area contributed by atoms with Gasteiger partial charge < -0.3 is 14.8 Å². The molecule has 1 amide bonds. The second-order valence-electron chi connectivity index (χ2n) is 4.46. The molecule has 22 heavy (non-hydrogen) atoms. The monoisotopic (exact) mass is 367 g/mol. The number of hydrogen-bond acceptors (Lipinski definition) is 3. The molecule has 0 unspecified atom stereocenters. The maximum atomic E-state index is 13.8. The molecule has 0 saturated carbocycles. The van der Waals surface area contributed by atoms with Crippen molar-refractivity contribution < 1.29 is 18.7 Å². The first-order valence-electron chi connectivity index (χ1n) is 6.50. The number of methoxy groups -OCH3 is 2. The van der Waals surface area contributed by atoms with Crippen LogP contribution in [0.4, 0.5) is 4.39 Å². The molecule has 0 aliphatic rings. The van der Waals surface area contributed by atoms with E-state index in [-0.39, 0.29) is 12.1 Å². The van der Waals surface area contributed by atoms with E-state index < -0.39 is 11.7 Å². The van der Waals surface area contributed by atoms with E-state index in [4.69, 9.17) is 9.47 Å². The lowest BCUT2D eigenvalue weighted by molar-refractivity contribution is 0.0946. The summed E-state index contributed by atoms with van der Waals surface area (Å²) in [6, 6.07) is 9.66. The molecule has 0 aliphatic heterocycles. The number of hydrogen-bond donors (Lipinski definition) is 1. The number of halogens is 2. The molecular weight excluding hydrogens is 353 g/mol. The molecule has 0 atom stereocenters. The molecule has 4 nitrogen and oxygen atoms in total. The van der Waals surface area contributed by atoms with Crippen molar-refractivity contribution in [2.24, 2.45) is 0 Å². The van der Waals surface area contributed by atoms with E-state index in [0.717, 1.165) is 5.56 Å². The van der Waals surface area contributed by atoms with E-state index in [1.807, 2.05) is 0 Å². The van der Waals surface area contributed by atoms with Crippen LogP contribution >= 0.6 is 15.9 Å². The molecule has 0 aromatic heterocycles. The minimum absolute atomic E-state index is 0.00920. The molecule has 0 aliphatic carbocycles. The summed E-state index contributed by atoms with van der Waals surface area (Å²) in [5.41, 5.74) is 0.734. The number of nitrogens with one attached hydrogen (secondary N) is 1. The van der Waals surface area contributed by atoms with E-state index in [0.29, 0.717) is 16.0 Å². The molecule has 0 radical (unpaired) electrons. The van der Waals surface area contributed by atoms with Crippen LogP contribution in [-0.4, -0.2) is 20.1 Å². The molecule has 116 valence electrons. The molecule has 2 aromatic rings. The van der Waals surface area contributed by atoms with Crippen LogP contribution in [0.3, 0.4) is 0 Å². The van der Waals surface area contributed by atoms with E-state index >= 15 is 0 Å². The predicted molar refractivity (Wildman–Crippen MR) is 84.8 cm³/mol. The molecule has 6 heteroatoms. The van der Waals surface area contributed by atoms with Gasteiger partial charge in [0, 0.05) is 16.6 Å². The first-order valence-corrected chi connectivity index (χ1v) is 7.29. The number of amides is 1. The van der Waals surface area contributed by atoms with E-state index in [2.05, 4.69) is 21.2 Å². The second-order valence-corrected chi connectivity index (χ2v) is 5.38. The first kappa shape index (κ1) is 16.3. The molecular formula is C16H15BrFNO3. The zero-order valence-corrected chi connectivity index (χ0v) is 13.7. The van der Waals surface area contributed by atoms with Crippen molar-refractivity contribution in [2.45, 2.75) is 6.54 Å². The summed E-state index contributed by atoms with van der Waals surface area (Å²) in [7, 11) is 3.06. The Bertz CT molecular complexity index is 691. The van der Waals surface area contributed by atoms with Gasteiger partial charge in [0.25, 0.3) is 5.91 Å². The summed E-state index contributed by atoms with van der Waals surface area (Å²) in [5, 5.41) is 2.67. The summed E-state index contributed by atoms with van der Waals surface area (Å²) in [4.78, 5) is 12.1. The predicted octanol–water partition coefficient (Wildman–Crippen LogP) is 3.54. The highest BCUT2D eigenvalue weighted by Crippen LogP contribution is 2.30. The van der Waals surface area contributed by atoms with Crippen LogP contribution in [-0.2, 0) is 6.54 Å². The van der Waals surface area contributed by atoms with E-state index in [1.54, 1.807) is 24.3 Å². The van der Waals surface area contributed by atoms with Gasteiger partial charge in [0.1, 0.15) is 5.82 Å². The Balaban J connectivity index is 2.14. The van der Waals surface area contributed by atoms with Crippen molar-refractivity contribution in [3.63, 3.8) is 0 Å². The molecule has 2 rings (SSSR count). The number of para-hydroxylation sites is 1. The highest BCUT2D eigenvalue weighted by Gasteiger charge is 2.14. The van der Waals surface area contributed by atoms with Gasteiger partial charge in [0.05, 0.1) is 19.8 Å². The molecule has 2 aromatic carbocycles. The normalized spacial score (nSPS) is 10.2. The highest BCUT2D eigenvalue weighted by atomic mass is 79.9. The lowest BCUT2D eigenvalue weighted by Crippen LogP contribution is -2.24. The van der Waals surface area contributed by atoms with Gasteiger partial charge in [-0.05, 0) is 24.3 Å². The lowest BCUT2D eigenvalue weighted by Gasteiger charge is -2.13. The second kappa shape index (κ2) is 7.26. The van der Waals surface area contributed by atoms with Crippen LogP contribution < -0.4 is 14.8 Å². The zero-order chi connectivity index (χ0) is 16.1. The fourth-order valence-corrected chi connectivity index (χ4v) is 2.37. The van der Waals surface area contributed by atoms with Crippen molar-refractivity contribution in [3.8, 4) is 11.5 Å². The van der Waals surface area contributed by atoms with Gasteiger partial charge in [0.2, 0.25) is 0 Å². The van der Waals surface area contributed by atoms with Gasteiger partial charge in [-0.1, -0.05) is 28.1 Å². The fraction of sp³-hybridized carbons (Fsp3) is 0.188. The SMILES string of the molecule is COc1cccc(CNC(=O)c2ccc(Br)cc2F)c1OC. The summed E-state index contributed by atoms with van der Waals surface area (Å²) in [6.45, 7) is 0.203. The fourth-order valence-electron chi connectivity index (χ4n) is 2.04. The van der Waals surface area contributed by atoms with Crippen molar-refractivity contribution in [3.05, 3.63) is 57.8 Å². The molecule has 0 spiro atoms. The van der Waals surface area contributed by atoms with Crippen LogP contribution in [0.5, 0.6) is 11.5 Å². The Labute approximate surface area is 136 Å². The Morgan fingerprint density at radius 3 is 2.64 bits per heavy atom. The van der Waals surface area contributed by atoms with Gasteiger partial charge in [-0.3, -0.25) is 4.79 Å². The number of carbonyl (C=O) groups is 1. The van der Waals surface area contributed by atoms with E-state index in [1.165, 1.54) is 26.4 Å². The smallest absolute Gasteiger partial charge is 0.254 e. The quantitative estimate of drug-likeness (QED) is 0.879. The lowest BCUT2D eigenvalue weighted by atomic mass is 10.1. The summed E-state index contributed by atoms with van der Waals surface area (Å²) in [5.74, 6) is 0.0463. The highest BCUT2D eigenvalue weighted by molar-refractivity contribution is 9.10. The summed E-state index contributed by atoms with van der Waals surface area (Å²) in [6.07, 6.45) is 0. The van der Waals surface area contributed by atoms with Crippen LogP contribution in [0.25, 0.3) is 0 Å². The Hall–Kier alpha value is -2.08. The van der Waals surface area contributed by atoms with Crippen LogP contribution in [0, 0.1) is 5.82 Å². The van der Waals surface area contributed by atoms with Gasteiger partial charge in [-0.2, -0.15) is 0 Å². The molecule has 0 heterocycles. The van der Waals surface area contributed by atoms with Gasteiger partial charge in [-0.15, -0.1) is 0 Å². The number of carbonyl (C=O) groups excluding carboxylic acids is 1. The number of rotatable bonds is 5. The molecule has 0 bridgehead atoms. The maximum absolute atomic E-state index is 13.8. The molecule has 0 fully saturated rings. The largest absolute Gasteiger partial charge is 0.493 e. The average molecular weight is 368 g/mol. The van der Waals surface area contributed by atoms with Crippen LogP contribution in [0.15, 0.2) is 40.9 Å². The van der Waals surface area contributed by atoms with Crippen LogP contribution in [0.1, 0.15) is 15.9 Å². The Morgan fingerprint density at radius 2 is 2.00 bits per heavy atom. The minimum Gasteiger partial charge on any atom is -0.493 e. The van der Waals surface area contributed by atoms with Gasteiger partial charge >= 0.3 is 0 Å². The number of ether oxygens (including phenoxy) is 2. The van der Waals surface area contributed by atoms with Gasteiger partial charge in [-0.25, -0.2) is 4.39 Å². The van der Waals surface area contributed by atoms with Crippen molar-refractivity contribution in [1.29, 1.82) is 0 Å². The van der Waals surface area contributed by atoms with E-state index in [9.17, 15) is 9.18 Å². The van der Waals surface area contributed by atoms with Crippen LogP contribution in [0.2, 0.25) is 0 Å². The Morgan fingerprint density at radius 1 is 1.23 bits per heavy atom. The van der Waals surface area contributed by atoms with Gasteiger partial charge in [0.15, 0.2) is 11.5 Å². The first-order chi connectivity index (χ1) is 10.6. The van der Waals surface area contributed by atoms with Crippen molar-refractivity contribution in [2.75, 3.05) is 14.2 Å². The third-order valence-corrected chi connectivity index (χ3v) is 3.59. The summed E-state index contributed by atoms with van der Waals surface area (Å²) >= 11 is 3.15. The molecule has 0 saturated heterocycles. The minimum atomic E-state index is -0.579. The standard InChI is InChI=1S/C16H15BrFNO3/c1-21-14-5-3-4-10(15(14)22-2)9-19-16(20)12-7-6-11(17)8-13(12)18/h3-8H,9H2,1-2H3,(H,19,20). The summed E-state index contributed by atoms with van der Waals surface area (Å²) < 4.78 is 24.8. The topological polar surface area (TPSA) is 47.6 Å². The average Bonchev–Trinajstić information content (AvgIpc) is 2.51.